The third kappa shape index (κ3) is 23.9. The lowest BCUT2D eigenvalue weighted by molar-refractivity contribution is -0.870. The van der Waals surface area contributed by atoms with Gasteiger partial charge in [-0.1, -0.05) is 128 Å². The molecule has 0 fully saturated rings. The molecule has 0 saturated heterocycles. The van der Waals surface area contributed by atoms with Gasteiger partial charge in [0.05, 0.1) is 50.5 Å². The van der Waals surface area contributed by atoms with E-state index in [1.807, 2.05) is 27.2 Å². The number of non-ortho nitro benzene ring substituents is 1. The standard InChI is InChI=1S/C41H73N6O9P/c1-5-6-7-8-9-10-11-12-13-15-18-21-24-27-38(48)36(34-55-57(52,53)54-33-32-47(2,3)4)43-39(49)28-25-22-19-16-14-17-20-23-26-31-42-35-29-30-37(46(50)51)41-40(35)44-56-45-41/h24,27,29-30,36,38,48H,5-23,25-26,28,31-34H2,1-4H3,(H2-,42,43,45,49,52,53). The lowest BCUT2D eigenvalue weighted by Gasteiger charge is -2.29. The van der Waals surface area contributed by atoms with Crippen molar-refractivity contribution in [3.05, 3.63) is 34.4 Å². The van der Waals surface area contributed by atoms with Crippen molar-refractivity contribution in [1.82, 2.24) is 15.6 Å². The molecule has 2 rings (SSSR count). The summed E-state index contributed by atoms with van der Waals surface area (Å²) in [5.41, 5.74) is 1.02. The summed E-state index contributed by atoms with van der Waals surface area (Å²) >= 11 is 0. The Labute approximate surface area is 341 Å². The van der Waals surface area contributed by atoms with Crippen molar-refractivity contribution >= 4 is 36.1 Å². The number of hydrogen-bond donors (Lipinski definition) is 3. The number of unbranched alkanes of at least 4 members (excludes halogenated alkanes) is 19. The zero-order valence-corrected chi connectivity index (χ0v) is 36.2. The topological polar surface area (TPSA) is 202 Å². The highest BCUT2D eigenvalue weighted by Gasteiger charge is 2.23. The predicted molar refractivity (Wildman–Crippen MR) is 224 cm³/mol. The number of anilines is 1. The Morgan fingerprint density at radius 1 is 0.877 bits per heavy atom. The van der Waals surface area contributed by atoms with Crippen molar-refractivity contribution in [2.75, 3.05) is 52.8 Å². The number of fused-ring (bicyclic) bond motifs is 1. The number of aromatic nitrogens is 2. The van der Waals surface area contributed by atoms with Gasteiger partial charge in [0.15, 0.2) is 5.52 Å². The Balaban J connectivity index is 1.64. The van der Waals surface area contributed by atoms with Crippen LogP contribution in [-0.2, 0) is 18.4 Å². The summed E-state index contributed by atoms with van der Waals surface area (Å²) in [5.74, 6) is -0.254. The number of nitrogens with zero attached hydrogens (tertiary/aromatic N) is 4. The maximum atomic E-state index is 12.9. The highest BCUT2D eigenvalue weighted by atomic mass is 31.2. The maximum Gasteiger partial charge on any atom is 0.300 e. The second-order valence-corrected chi connectivity index (χ2v) is 17.6. The number of phosphoric acid groups is 1. The van der Waals surface area contributed by atoms with Crippen molar-refractivity contribution in [3.8, 4) is 0 Å². The number of hydrogen-bond acceptors (Lipinski definition) is 12. The molecule has 0 spiro atoms. The summed E-state index contributed by atoms with van der Waals surface area (Å²) in [6, 6.07) is 2.10. The number of carbonyl (C=O) groups excluding carboxylic acids is 1. The summed E-state index contributed by atoms with van der Waals surface area (Å²) in [6.45, 7) is 2.97. The van der Waals surface area contributed by atoms with Gasteiger partial charge in [0, 0.05) is 19.0 Å². The molecule has 15 nitrogen and oxygen atoms in total. The van der Waals surface area contributed by atoms with Crippen molar-refractivity contribution in [1.29, 1.82) is 0 Å². The smallest absolute Gasteiger partial charge is 0.300 e. The van der Waals surface area contributed by atoms with Crippen LogP contribution in [0.3, 0.4) is 0 Å². The minimum Gasteiger partial charge on any atom is -0.756 e. The normalized spacial score (nSPS) is 14.2. The predicted octanol–water partition coefficient (Wildman–Crippen LogP) is 8.75. The first-order valence-electron chi connectivity index (χ1n) is 21.5. The summed E-state index contributed by atoms with van der Waals surface area (Å²) in [6.07, 6.45) is 26.3. The van der Waals surface area contributed by atoms with E-state index in [2.05, 4.69) is 27.9 Å². The molecule has 1 aromatic heterocycles. The van der Waals surface area contributed by atoms with E-state index >= 15 is 0 Å². The van der Waals surface area contributed by atoms with E-state index in [1.165, 1.54) is 63.9 Å². The van der Waals surface area contributed by atoms with E-state index in [4.69, 9.17) is 13.7 Å². The molecule has 0 aliphatic rings. The van der Waals surface area contributed by atoms with Crippen molar-refractivity contribution in [3.63, 3.8) is 0 Å². The van der Waals surface area contributed by atoms with Gasteiger partial charge in [-0.25, -0.2) is 4.63 Å². The fraction of sp³-hybridized carbons (Fsp3) is 0.780. The van der Waals surface area contributed by atoms with Gasteiger partial charge < -0.3 is 34.2 Å². The van der Waals surface area contributed by atoms with Crippen LogP contribution in [0.4, 0.5) is 11.4 Å². The second kappa shape index (κ2) is 29.3. The van der Waals surface area contributed by atoms with Crippen LogP contribution in [-0.4, -0.2) is 90.3 Å². The average molecular weight is 825 g/mol. The monoisotopic (exact) mass is 825 g/mol. The SMILES string of the molecule is CCCCCCCCCCCCCC=CC(O)C(COP(=O)([O-])OCC[N+](C)(C)C)NC(=O)CCCCCCCCCCCNc1ccc([N+](=O)[O-])c2nonc12. The quantitative estimate of drug-likeness (QED) is 0.0147. The zero-order chi connectivity index (χ0) is 41.8. The highest BCUT2D eigenvalue weighted by Crippen LogP contribution is 2.38. The van der Waals surface area contributed by atoms with Crippen LogP contribution in [0.25, 0.3) is 11.0 Å². The van der Waals surface area contributed by atoms with Crippen LogP contribution >= 0.6 is 7.82 Å². The van der Waals surface area contributed by atoms with Gasteiger partial charge in [-0.2, -0.15) is 0 Å². The molecule has 1 heterocycles. The summed E-state index contributed by atoms with van der Waals surface area (Å²) in [5, 5.41) is 35.6. The maximum absolute atomic E-state index is 12.9. The van der Waals surface area contributed by atoms with Crippen LogP contribution in [0, 0.1) is 10.1 Å². The van der Waals surface area contributed by atoms with E-state index < -0.39 is 31.5 Å². The number of carbonyl (C=O) groups is 1. The number of likely N-dealkylation sites (N-methyl/N-ethyl adjacent to an activating group) is 1. The van der Waals surface area contributed by atoms with Gasteiger partial charge in [0.2, 0.25) is 11.4 Å². The first kappa shape index (κ1) is 50.2. The molecule has 0 aliphatic carbocycles. The molecule has 0 bridgehead atoms. The molecule has 1 aromatic carbocycles. The number of quaternary nitrogens is 1. The van der Waals surface area contributed by atoms with Gasteiger partial charge >= 0.3 is 5.69 Å². The van der Waals surface area contributed by atoms with Gasteiger partial charge in [0.25, 0.3) is 7.82 Å². The van der Waals surface area contributed by atoms with Gasteiger partial charge in [-0.15, -0.1) is 0 Å². The third-order valence-electron chi connectivity index (χ3n) is 9.98. The number of aliphatic hydroxyl groups excluding tert-OH is 1. The van der Waals surface area contributed by atoms with E-state index in [0.717, 1.165) is 70.6 Å². The van der Waals surface area contributed by atoms with Crippen LogP contribution in [0.1, 0.15) is 148 Å². The molecule has 3 atom stereocenters. The van der Waals surface area contributed by atoms with Crippen LogP contribution in [0.5, 0.6) is 0 Å². The number of nitro groups is 1. The number of benzene rings is 1. The first-order valence-corrected chi connectivity index (χ1v) is 23.0. The largest absolute Gasteiger partial charge is 0.756 e. The summed E-state index contributed by atoms with van der Waals surface area (Å²) in [7, 11) is 1.16. The second-order valence-electron chi connectivity index (χ2n) is 16.2. The van der Waals surface area contributed by atoms with E-state index in [1.54, 1.807) is 12.1 Å². The fourth-order valence-corrected chi connectivity index (χ4v) is 7.17. The van der Waals surface area contributed by atoms with E-state index in [9.17, 15) is 29.5 Å². The Hall–Kier alpha value is -2.94. The van der Waals surface area contributed by atoms with Crippen molar-refractivity contribution in [2.45, 2.75) is 160 Å². The van der Waals surface area contributed by atoms with Gasteiger partial charge in [-0.05, 0) is 42.1 Å². The molecule has 57 heavy (non-hydrogen) atoms. The molecule has 3 N–H and O–H groups in total. The lowest BCUT2D eigenvalue weighted by Crippen LogP contribution is -2.45. The Morgan fingerprint density at radius 3 is 2.04 bits per heavy atom. The van der Waals surface area contributed by atoms with E-state index in [-0.39, 0.29) is 30.1 Å². The Kier molecular flexibility index (Phi) is 25.8. The number of rotatable bonds is 36. The molecule has 3 unspecified atom stereocenters. The van der Waals surface area contributed by atoms with Crippen LogP contribution in [0.2, 0.25) is 0 Å². The molecule has 16 heteroatoms. The average Bonchev–Trinajstić information content (AvgIpc) is 3.65. The molecule has 1 amide bonds. The minimum atomic E-state index is -4.62. The van der Waals surface area contributed by atoms with Gasteiger partial charge in [0.1, 0.15) is 13.2 Å². The zero-order valence-electron chi connectivity index (χ0n) is 35.3. The number of phosphoric ester groups is 1. The number of aliphatic hydroxyl groups is 1. The van der Waals surface area contributed by atoms with Crippen LogP contribution in [0.15, 0.2) is 28.9 Å². The number of allylic oxidation sites excluding steroid dienone is 1. The summed E-state index contributed by atoms with van der Waals surface area (Å²) in [4.78, 5) is 36.0. The minimum absolute atomic E-state index is 0.0291. The molecule has 0 aliphatic heterocycles. The summed E-state index contributed by atoms with van der Waals surface area (Å²) < 4.78 is 27.8. The van der Waals surface area contributed by atoms with Crippen molar-refractivity contribution in [2.24, 2.45) is 0 Å². The van der Waals surface area contributed by atoms with Crippen LogP contribution < -0.4 is 15.5 Å². The molecule has 0 radical (unpaired) electrons. The fourth-order valence-electron chi connectivity index (χ4n) is 6.45. The molecule has 2 aromatic rings. The third-order valence-corrected chi connectivity index (χ3v) is 10.9. The van der Waals surface area contributed by atoms with Gasteiger partial charge in [-0.3, -0.25) is 19.5 Å². The van der Waals surface area contributed by atoms with E-state index in [0.29, 0.717) is 35.2 Å². The molecular weight excluding hydrogens is 751 g/mol. The Bertz CT molecular complexity index is 1470. The molecule has 326 valence electrons. The number of nitrogens with one attached hydrogen (secondary N) is 2. The number of nitro benzene ring substituents is 1. The highest BCUT2D eigenvalue weighted by molar-refractivity contribution is 7.45. The van der Waals surface area contributed by atoms with Crippen molar-refractivity contribution < 1.29 is 42.4 Å². The Morgan fingerprint density at radius 2 is 1.44 bits per heavy atom. The molecule has 0 saturated carbocycles. The lowest BCUT2D eigenvalue weighted by atomic mass is 10.0. The molecular formula is C41H73N6O9P. The number of amides is 1. The first-order chi connectivity index (χ1) is 27.3.